The van der Waals surface area contributed by atoms with Crippen molar-refractivity contribution in [3.05, 3.63) is 77.2 Å². The molecular weight excluding hydrogens is 324 g/mol. The number of hydrogen-bond donors (Lipinski definition) is 0. The van der Waals surface area contributed by atoms with Gasteiger partial charge < -0.3 is 0 Å². The standard InChI is InChI=1S/C21H22N4O/c1-15(2)22-19-13-6-7-14-24(19)21(26)20-17-11-8-12-18(17)25(23-20)16-9-4-3-5-10-16/h3-7,9-10,13-15H,8,11-12H2,1-2H3. The van der Waals surface area contributed by atoms with Gasteiger partial charge in [-0.25, -0.2) is 4.68 Å². The molecule has 0 saturated heterocycles. The van der Waals surface area contributed by atoms with Gasteiger partial charge in [0.2, 0.25) is 0 Å². The summed E-state index contributed by atoms with van der Waals surface area (Å²) in [6, 6.07) is 15.7. The van der Waals surface area contributed by atoms with Gasteiger partial charge in [0.1, 0.15) is 5.49 Å². The van der Waals surface area contributed by atoms with Crippen LogP contribution >= 0.6 is 0 Å². The highest BCUT2D eigenvalue weighted by Crippen LogP contribution is 2.28. The van der Waals surface area contributed by atoms with E-state index in [1.807, 2.05) is 67.1 Å². The number of rotatable bonds is 3. The molecule has 5 nitrogen and oxygen atoms in total. The van der Waals surface area contributed by atoms with Crippen molar-refractivity contribution in [2.45, 2.75) is 39.2 Å². The SMILES string of the molecule is CC(C)N=c1ccccn1C(=O)c1nn(-c2ccccc2)c2c1CCC2. The van der Waals surface area contributed by atoms with Gasteiger partial charge in [0.25, 0.3) is 5.91 Å². The normalized spacial score (nSPS) is 14.0. The second-order valence-corrected chi connectivity index (χ2v) is 6.83. The summed E-state index contributed by atoms with van der Waals surface area (Å²) < 4.78 is 3.54. The maximum Gasteiger partial charge on any atom is 0.284 e. The van der Waals surface area contributed by atoms with E-state index in [1.54, 1.807) is 10.8 Å². The van der Waals surface area contributed by atoms with Crippen LogP contribution in [0, 0.1) is 0 Å². The summed E-state index contributed by atoms with van der Waals surface area (Å²) in [7, 11) is 0. The average molecular weight is 346 g/mol. The van der Waals surface area contributed by atoms with E-state index in [4.69, 9.17) is 5.10 Å². The summed E-state index contributed by atoms with van der Waals surface area (Å²) in [5.74, 6) is -0.113. The predicted molar refractivity (Wildman–Crippen MR) is 100 cm³/mol. The largest absolute Gasteiger partial charge is 0.284 e. The molecule has 1 aromatic carbocycles. The highest BCUT2D eigenvalue weighted by atomic mass is 16.2. The number of aromatic nitrogens is 3. The highest BCUT2D eigenvalue weighted by molar-refractivity contribution is 5.95. The lowest BCUT2D eigenvalue weighted by Crippen LogP contribution is -2.29. The van der Waals surface area contributed by atoms with Gasteiger partial charge >= 0.3 is 0 Å². The first-order valence-corrected chi connectivity index (χ1v) is 9.07. The molecule has 0 fully saturated rings. The zero-order valence-electron chi connectivity index (χ0n) is 15.1. The number of benzene rings is 1. The van der Waals surface area contributed by atoms with Gasteiger partial charge in [0.05, 0.1) is 5.69 Å². The summed E-state index contributed by atoms with van der Waals surface area (Å²) >= 11 is 0. The first-order chi connectivity index (χ1) is 12.6. The van der Waals surface area contributed by atoms with E-state index in [1.165, 1.54) is 0 Å². The zero-order chi connectivity index (χ0) is 18.1. The summed E-state index contributed by atoms with van der Waals surface area (Å²) in [6.07, 6.45) is 4.68. The van der Waals surface area contributed by atoms with Crippen LogP contribution in [0.3, 0.4) is 0 Å². The number of nitrogens with zero attached hydrogens (tertiary/aromatic N) is 4. The molecule has 5 heteroatoms. The van der Waals surface area contributed by atoms with Crippen LogP contribution in [0.5, 0.6) is 0 Å². The van der Waals surface area contributed by atoms with E-state index in [2.05, 4.69) is 4.99 Å². The molecule has 0 atom stereocenters. The molecule has 4 rings (SSSR count). The minimum absolute atomic E-state index is 0.113. The Morgan fingerprint density at radius 2 is 1.85 bits per heavy atom. The van der Waals surface area contributed by atoms with Crippen molar-refractivity contribution in [1.29, 1.82) is 0 Å². The Hall–Kier alpha value is -2.95. The topological polar surface area (TPSA) is 52.2 Å². The first kappa shape index (κ1) is 16.5. The van der Waals surface area contributed by atoms with Gasteiger partial charge in [-0.2, -0.15) is 5.10 Å². The van der Waals surface area contributed by atoms with Crippen LogP contribution < -0.4 is 5.49 Å². The average Bonchev–Trinajstić information content (AvgIpc) is 3.24. The van der Waals surface area contributed by atoms with E-state index in [9.17, 15) is 4.79 Å². The van der Waals surface area contributed by atoms with Crippen molar-refractivity contribution in [2.24, 2.45) is 4.99 Å². The van der Waals surface area contributed by atoms with Crippen LogP contribution in [0.1, 0.15) is 42.0 Å². The molecule has 0 N–H and O–H groups in total. The lowest BCUT2D eigenvalue weighted by atomic mass is 10.2. The quantitative estimate of drug-likeness (QED) is 0.731. The van der Waals surface area contributed by atoms with Crippen LogP contribution in [0.4, 0.5) is 0 Å². The Labute approximate surface area is 152 Å². The van der Waals surface area contributed by atoms with E-state index in [-0.39, 0.29) is 11.9 Å². The summed E-state index contributed by atoms with van der Waals surface area (Å²) in [6.45, 7) is 4.01. The molecule has 2 aromatic heterocycles. The smallest absolute Gasteiger partial charge is 0.266 e. The molecule has 2 heterocycles. The van der Waals surface area contributed by atoms with Crippen LogP contribution in [-0.4, -0.2) is 26.3 Å². The molecule has 0 saturated carbocycles. The number of para-hydroxylation sites is 1. The minimum Gasteiger partial charge on any atom is -0.266 e. The van der Waals surface area contributed by atoms with Crippen LogP contribution in [0.2, 0.25) is 0 Å². The van der Waals surface area contributed by atoms with Gasteiger partial charge in [0, 0.05) is 23.5 Å². The van der Waals surface area contributed by atoms with Crippen LogP contribution in [-0.2, 0) is 12.8 Å². The molecule has 132 valence electrons. The Kier molecular flexibility index (Phi) is 4.29. The molecular formula is C21H22N4O. The Morgan fingerprint density at radius 1 is 1.08 bits per heavy atom. The number of pyridine rings is 1. The molecule has 1 aliphatic rings. The number of carbonyl (C=O) groups excluding carboxylic acids is 1. The molecule has 0 amide bonds. The van der Waals surface area contributed by atoms with E-state index >= 15 is 0 Å². The number of fused-ring (bicyclic) bond motifs is 1. The lowest BCUT2D eigenvalue weighted by Gasteiger charge is -2.07. The highest BCUT2D eigenvalue weighted by Gasteiger charge is 2.27. The number of carbonyl (C=O) groups is 1. The summed E-state index contributed by atoms with van der Waals surface area (Å²) in [4.78, 5) is 17.9. The molecule has 0 aliphatic heterocycles. The lowest BCUT2D eigenvalue weighted by molar-refractivity contribution is 0.0948. The Bertz CT molecular complexity index is 1010. The first-order valence-electron chi connectivity index (χ1n) is 9.07. The van der Waals surface area contributed by atoms with Crippen molar-refractivity contribution in [3.8, 4) is 5.69 Å². The zero-order valence-corrected chi connectivity index (χ0v) is 15.1. The van der Waals surface area contributed by atoms with Crippen LogP contribution in [0.15, 0.2) is 59.7 Å². The minimum atomic E-state index is -0.113. The predicted octanol–water partition coefficient (Wildman–Crippen LogP) is 3.16. The van der Waals surface area contributed by atoms with Crippen molar-refractivity contribution in [3.63, 3.8) is 0 Å². The molecule has 0 bridgehead atoms. The van der Waals surface area contributed by atoms with Gasteiger partial charge in [0.15, 0.2) is 5.69 Å². The molecule has 26 heavy (non-hydrogen) atoms. The molecule has 0 unspecified atom stereocenters. The number of hydrogen-bond acceptors (Lipinski definition) is 3. The van der Waals surface area contributed by atoms with Crippen molar-refractivity contribution in [2.75, 3.05) is 0 Å². The maximum atomic E-state index is 13.3. The monoisotopic (exact) mass is 346 g/mol. The van der Waals surface area contributed by atoms with E-state index < -0.39 is 0 Å². The van der Waals surface area contributed by atoms with Gasteiger partial charge in [-0.3, -0.25) is 14.4 Å². The second-order valence-electron chi connectivity index (χ2n) is 6.83. The van der Waals surface area contributed by atoms with Crippen molar-refractivity contribution < 1.29 is 4.79 Å². The fourth-order valence-corrected chi connectivity index (χ4v) is 3.48. The Balaban J connectivity index is 1.85. The Morgan fingerprint density at radius 3 is 2.62 bits per heavy atom. The van der Waals surface area contributed by atoms with Crippen molar-refractivity contribution >= 4 is 5.91 Å². The fraction of sp³-hybridized carbons (Fsp3) is 0.286. The molecule has 3 aromatic rings. The summed E-state index contributed by atoms with van der Waals surface area (Å²) in [5, 5.41) is 4.70. The molecule has 0 spiro atoms. The third-order valence-corrected chi connectivity index (χ3v) is 4.58. The van der Waals surface area contributed by atoms with Gasteiger partial charge in [-0.1, -0.05) is 24.3 Å². The van der Waals surface area contributed by atoms with Gasteiger partial charge in [-0.15, -0.1) is 0 Å². The van der Waals surface area contributed by atoms with Crippen molar-refractivity contribution in [1.82, 2.24) is 14.3 Å². The van der Waals surface area contributed by atoms with E-state index in [0.29, 0.717) is 11.2 Å². The molecule has 0 radical (unpaired) electrons. The fourth-order valence-electron chi connectivity index (χ4n) is 3.48. The van der Waals surface area contributed by atoms with Gasteiger partial charge in [-0.05, 0) is 57.4 Å². The second kappa shape index (κ2) is 6.75. The van der Waals surface area contributed by atoms with Crippen LogP contribution in [0.25, 0.3) is 5.69 Å². The molecule has 1 aliphatic carbocycles. The van der Waals surface area contributed by atoms with E-state index in [0.717, 1.165) is 36.2 Å². The maximum absolute atomic E-state index is 13.3. The summed E-state index contributed by atoms with van der Waals surface area (Å²) in [5.41, 5.74) is 4.42. The third kappa shape index (κ3) is 2.90. The third-order valence-electron chi connectivity index (χ3n) is 4.58.